The number of ether oxygens (including phenoxy) is 1. The number of hydrogen-bond donors (Lipinski definition) is 1. The Hall–Kier alpha value is -0.970. The van der Waals surface area contributed by atoms with E-state index in [0.29, 0.717) is 5.92 Å². The lowest BCUT2D eigenvalue weighted by Gasteiger charge is -2.31. The number of nitrogens with two attached hydrogens (primary N) is 1. The topological polar surface area (TPSA) is 51.4 Å². The van der Waals surface area contributed by atoms with Crippen molar-refractivity contribution in [3.63, 3.8) is 0 Å². The lowest BCUT2D eigenvalue weighted by atomic mass is 9.83. The van der Waals surface area contributed by atoms with Crippen LogP contribution in [0.15, 0.2) is 24.5 Å². The molecule has 4 nitrogen and oxygen atoms in total. The molecule has 0 spiro atoms. The van der Waals surface area contributed by atoms with E-state index in [1.807, 2.05) is 12.4 Å². The Morgan fingerprint density at radius 1 is 1.19 bits per heavy atom. The van der Waals surface area contributed by atoms with Crippen LogP contribution in [0.5, 0.6) is 0 Å². The monoisotopic (exact) mass is 291 g/mol. The van der Waals surface area contributed by atoms with E-state index in [2.05, 4.69) is 56.8 Å². The molecule has 0 saturated carbocycles. The number of rotatable bonds is 5. The molecule has 2 rings (SSSR count). The highest BCUT2D eigenvalue weighted by Crippen LogP contribution is 2.41. The minimum absolute atomic E-state index is 0.0656. The summed E-state index contributed by atoms with van der Waals surface area (Å²) in [6.45, 7) is 10.5. The largest absolute Gasteiger partial charge is 0.368 e. The highest BCUT2D eigenvalue weighted by atomic mass is 16.5. The van der Waals surface area contributed by atoms with Gasteiger partial charge in [-0.1, -0.05) is 0 Å². The van der Waals surface area contributed by atoms with Gasteiger partial charge in [-0.25, -0.2) is 0 Å². The average molecular weight is 291 g/mol. The summed E-state index contributed by atoms with van der Waals surface area (Å²) in [5, 5.41) is 0. The van der Waals surface area contributed by atoms with Crippen LogP contribution in [0.4, 0.5) is 0 Å². The van der Waals surface area contributed by atoms with Gasteiger partial charge in [-0.15, -0.1) is 0 Å². The van der Waals surface area contributed by atoms with E-state index in [9.17, 15) is 0 Å². The third kappa shape index (κ3) is 3.82. The molecule has 0 aromatic carbocycles. The van der Waals surface area contributed by atoms with Gasteiger partial charge in [0.05, 0.1) is 11.2 Å². The van der Waals surface area contributed by atoms with Crippen molar-refractivity contribution in [3.8, 4) is 0 Å². The van der Waals surface area contributed by atoms with Gasteiger partial charge in [0, 0.05) is 37.4 Å². The van der Waals surface area contributed by atoms with Gasteiger partial charge in [-0.3, -0.25) is 4.98 Å². The van der Waals surface area contributed by atoms with Gasteiger partial charge >= 0.3 is 0 Å². The zero-order valence-corrected chi connectivity index (χ0v) is 14.0. The van der Waals surface area contributed by atoms with E-state index in [1.165, 1.54) is 5.56 Å². The first kappa shape index (κ1) is 16.4. The number of nitrogens with zero attached hydrogens (tertiary/aromatic N) is 2. The fraction of sp³-hybridized carbons (Fsp3) is 0.706. The van der Waals surface area contributed by atoms with Gasteiger partial charge < -0.3 is 15.4 Å². The van der Waals surface area contributed by atoms with Crippen molar-refractivity contribution in [2.45, 2.75) is 51.4 Å². The quantitative estimate of drug-likeness (QED) is 0.902. The van der Waals surface area contributed by atoms with Gasteiger partial charge in [0.1, 0.15) is 0 Å². The molecule has 1 aromatic rings. The van der Waals surface area contributed by atoms with Gasteiger partial charge in [0.2, 0.25) is 0 Å². The molecule has 118 valence electrons. The summed E-state index contributed by atoms with van der Waals surface area (Å²) in [5.74, 6) is 0.343. The first-order valence-electron chi connectivity index (χ1n) is 7.75. The van der Waals surface area contributed by atoms with E-state index >= 15 is 0 Å². The highest BCUT2D eigenvalue weighted by molar-refractivity contribution is 5.10. The molecular formula is C17H29N3O. The van der Waals surface area contributed by atoms with Crippen LogP contribution < -0.4 is 5.73 Å². The Kier molecular flexibility index (Phi) is 4.71. The molecule has 2 atom stereocenters. The zero-order valence-electron chi connectivity index (χ0n) is 14.0. The molecule has 1 aliphatic heterocycles. The maximum Gasteiger partial charge on any atom is 0.0788 e. The van der Waals surface area contributed by atoms with E-state index in [-0.39, 0.29) is 17.2 Å². The fourth-order valence-electron chi connectivity index (χ4n) is 3.37. The van der Waals surface area contributed by atoms with Crippen LogP contribution in [0.25, 0.3) is 0 Å². The van der Waals surface area contributed by atoms with Gasteiger partial charge in [0.25, 0.3) is 0 Å². The van der Waals surface area contributed by atoms with Crippen LogP contribution in [0.1, 0.15) is 33.3 Å². The van der Waals surface area contributed by atoms with Crippen LogP contribution in [-0.2, 0) is 11.2 Å². The third-order valence-corrected chi connectivity index (χ3v) is 4.70. The lowest BCUT2D eigenvalue weighted by Crippen LogP contribution is -2.47. The van der Waals surface area contributed by atoms with E-state index in [4.69, 9.17) is 10.5 Å². The normalized spacial score (nSPS) is 27.2. The zero-order chi connectivity index (χ0) is 15.7. The Morgan fingerprint density at radius 3 is 2.33 bits per heavy atom. The highest BCUT2D eigenvalue weighted by Gasteiger charge is 2.52. The molecule has 2 unspecified atom stereocenters. The van der Waals surface area contributed by atoms with Crippen molar-refractivity contribution in [2.75, 3.05) is 20.1 Å². The average Bonchev–Trinajstić information content (AvgIpc) is 2.56. The van der Waals surface area contributed by atoms with Crippen LogP contribution in [0, 0.1) is 5.92 Å². The summed E-state index contributed by atoms with van der Waals surface area (Å²) in [7, 11) is 2.16. The second kappa shape index (κ2) is 6.03. The second-order valence-electron chi connectivity index (χ2n) is 7.31. The van der Waals surface area contributed by atoms with E-state index < -0.39 is 0 Å². The number of likely N-dealkylation sites (N-methyl/N-ethyl adjacent to an activating group) is 1. The standard InChI is InChI=1S/C17H29N3O/c1-16(2)14(15(18)17(3,4)21-16)12-20(5)11-8-13-6-9-19-10-7-13/h6-7,9-10,14-15H,8,11-12,18H2,1-5H3. The minimum Gasteiger partial charge on any atom is -0.368 e. The molecule has 1 aromatic heterocycles. The van der Waals surface area contributed by atoms with Gasteiger partial charge in [-0.2, -0.15) is 0 Å². The summed E-state index contributed by atoms with van der Waals surface area (Å²) in [5.41, 5.74) is 7.33. The van der Waals surface area contributed by atoms with Crippen LogP contribution in [0.2, 0.25) is 0 Å². The number of hydrogen-bond acceptors (Lipinski definition) is 4. The molecule has 0 aliphatic carbocycles. The molecule has 2 N–H and O–H groups in total. The molecule has 0 radical (unpaired) electrons. The minimum atomic E-state index is -0.250. The van der Waals surface area contributed by atoms with Gasteiger partial charge in [0.15, 0.2) is 0 Å². The first-order chi connectivity index (χ1) is 9.72. The number of aromatic nitrogens is 1. The maximum absolute atomic E-state index is 6.43. The van der Waals surface area contributed by atoms with Crippen LogP contribution in [0.3, 0.4) is 0 Å². The third-order valence-electron chi connectivity index (χ3n) is 4.70. The number of pyridine rings is 1. The van der Waals surface area contributed by atoms with E-state index in [0.717, 1.165) is 19.5 Å². The second-order valence-corrected chi connectivity index (χ2v) is 7.31. The fourth-order valence-corrected chi connectivity index (χ4v) is 3.37. The lowest BCUT2D eigenvalue weighted by molar-refractivity contribution is -0.0780. The summed E-state index contributed by atoms with van der Waals surface area (Å²) in [4.78, 5) is 6.41. The Labute approximate surface area is 128 Å². The molecule has 1 saturated heterocycles. The van der Waals surface area contributed by atoms with Gasteiger partial charge in [-0.05, 0) is 58.9 Å². The molecule has 1 fully saturated rings. The van der Waals surface area contributed by atoms with Crippen molar-refractivity contribution >= 4 is 0 Å². The molecular weight excluding hydrogens is 262 g/mol. The molecule has 21 heavy (non-hydrogen) atoms. The predicted octanol–water partition coefficient (Wildman–Crippen LogP) is 2.09. The summed E-state index contributed by atoms with van der Waals surface area (Å²) in [6.07, 6.45) is 4.73. The first-order valence-corrected chi connectivity index (χ1v) is 7.75. The summed E-state index contributed by atoms with van der Waals surface area (Å²) in [6, 6.07) is 4.22. The van der Waals surface area contributed by atoms with Crippen LogP contribution >= 0.6 is 0 Å². The Morgan fingerprint density at radius 2 is 1.81 bits per heavy atom. The van der Waals surface area contributed by atoms with Crippen molar-refractivity contribution in [1.82, 2.24) is 9.88 Å². The van der Waals surface area contributed by atoms with Crippen LogP contribution in [-0.4, -0.2) is 47.3 Å². The SMILES string of the molecule is CN(CCc1ccncc1)CC1C(N)C(C)(C)OC1(C)C. The smallest absolute Gasteiger partial charge is 0.0788 e. The van der Waals surface area contributed by atoms with Crippen molar-refractivity contribution < 1.29 is 4.74 Å². The molecule has 1 aliphatic rings. The molecule has 0 amide bonds. The maximum atomic E-state index is 6.43. The van der Waals surface area contributed by atoms with Crippen molar-refractivity contribution in [1.29, 1.82) is 0 Å². The Balaban J connectivity index is 1.91. The van der Waals surface area contributed by atoms with Crippen molar-refractivity contribution in [3.05, 3.63) is 30.1 Å². The molecule has 0 bridgehead atoms. The predicted molar refractivity (Wildman–Crippen MR) is 86.1 cm³/mol. The van der Waals surface area contributed by atoms with E-state index in [1.54, 1.807) is 0 Å². The summed E-state index contributed by atoms with van der Waals surface area (Å²) < 4.78 is 6.16. The van der Waals surface area contributed by atoms with Crippen molar-refractivity contribution in [2.24, 2.45) is 11.7 Å². The molecule has 4 heteroatoms. The molecule has 2 heterocycles. The Bertz CT molecular complexity index is 458. The summed E-state index contributed by atoms with van der Waals surface area (Å²) >= 11 is 0.